The molecule has 0 bridgehead atoms. The molecule has 2 atom stereocenters. The Morgan fingerprint density at radius 2 is 2.38 bits per heavy atom. The molecule has 2 nitrogen and oxygen atoms in total. The fourth-order valence-corrected chi connectivity index (χ4v) is 2.91. The molecule has 1 heterocycles. The van der Waals surface area contributed by atoms with Gasteiger partial charge in [0.25, 0.3) is 0 Å². The number of hydrogen-bond donors (Lipinski definition) is 2. The predicted molar refractivity (Wildman–Crippen MR) is 68.7 cm³/mol. The number of hydrogen-bond acceptors (Lipinski definition) is 3. The van der Waals surface area contributed by atoms with Crippen molar-refractivity contribution in [3.8, 4) is 0 Å². The lowest BCUT2D eigenvalue weighted by atomic mass is 9.81. The van der Waals surface area contributed by atoms with E-state index in [0.29, 0.717) is 12.6 Å². The quantitative estimate of drug-likeness (QED) is 0.800. The zero-order valence-corrected chi connectivity index (χ0v) is 10.7. The molecule has 0 aliphatic heterocycles. The molecule has 1 fully saturated rings. The number of thiophene rings is 1. The number of aliphatic hydroxyl groups is 1. The van der Waals surface area contributed by atoms with Gasteiger partial charge in [-0.25, -0.2) is 0 Å². The van der Waals surface area contributed by atoms with E-state index in [0.717, 1.165) is 11.5 Å². The highest BCUT2D eigenvalue weighted by Gasteiger charge is 2.20. The maximum atomic E-state index is 9.91. The minimum absolute atomic E-state index is 0.352. The number of rotatable bonds is 6. The Hall–Kier alpha value is -0.380. The van der Waals surface area contributed by atoms with Crippen LogP contribution in [0.4, 0.5) is 0 Å². The number of nitrogens with one attached hydrogen (secondary N) is 1. The first kappa shape index (κ1) is 12.1. The topological polar surface area (TPSA) is 32.3 Å². The van der Waals surface area contributed by atoms with Gasteiger partial charge >= 0.3 is 0 Å². The Balaban J connectivity index is 1.66. The zero-order valence-electron chi connectivity index (χ0n) is 9.86. The minimum Gasteiger partial charge on any atom is -0.387 e. The van der Waals surface area contributed by atoms with Crippen molar-refractivity contribution >= 4 is 11.3 Å². The maximum absolute atomic E-state index is 9.91. The lowest BCUT2D eigenvalue weighted by Crippen LogP contribution is -2.33. The van der Waals surface area contributed by atoms with Crippen LogP contribution in [0.3, 0.4) is 0 Å². The molecular weight excluding hydrogens is 218 g/mol. The lowest BCUT2D eigenvalue weighted by Gasteiger charge is -2.29. The summed E-state index contributed by atoms with van der Waals surface area (Å²) in [6, 6.07) is 2.52. The molecule has 0 saturated heterocycles. The van der Waals surface area contributed by atoms with E-state index in [1.54, 1.807) is 11.3 Å². The van der Waals surface area contributed by atoms with Gasteiger partial charge in [-0.15, -0.1) is 0 Å². The third-order valence-corrected chi connectivity index (χ3v) is 4.20. The van der Waals surface area contributed by atoms with Crippen molar-refractivity contribution in [2.24, 2.45) is 5.92 Å². The average Bonchev–Trinajstić information content (AvgIpc) is 2.73. The first-order chi connectivity index (χ1) is 7.75. The van der Waals surface area contributed by atoms with Crippen LogP contribution in [-0.2, 0) is 0 Å². The second-order valence-electron chi connectivity index (χ2n) is 4.91. The summed E-state index contributed by atoms with van der Waals surface area (Å²) >= 11 is 1.64. The fourth-order valence-electron chi connectivity index (χ4n) is 2.21. The fraction of sp³-hybridized carbons (Fsp3) is 0.692. The summed E-state index contributed by atoms with van der Waals surface area (Å²) in [5.41, 5.74) is 1.04. The van der Waals surface area contributed by atoms with Gasteiger partial charge in [-0.3, -0.25) is 0 Å². The van der Waals surface area contributed by atoms with Gasteiger partial charge in [-0.1, -0.05) is 19.3 Å². The van der Waals surface area contributed by atoms with E-state index in [4.69, 9.17) is 0 Å². The lowest BCUT2D eigenvalue weighted by molar-refractivity contribution is 0.165. The molecular formula is C13H21NOS. The van der Waals surface area contributed by atoms with Gasteiger partial charge < -0.3 is 10.4 Å². The monoisotopic (exact) mass is 239 g/mol. The largest absolute Gasteiger partial charge is 0.387 e. The molecule has 0 radical (unpaired) electrons. The van der Waals surface area contributed by atoms with Gasteiger partial charge in [0, 0.05) is 12.6 Å². The Kier molecular flexibility index (Phi) is 4.38. The van der Waals surface area contributed by atoms with E-state index in [-0.39, 0.29) is 6.10 Å². The van der Waals surface area contributed by atoms with Gasteiger partial charge in [-0.2, -0.15) is 11.3 Å². The smallest absolute Gasteiger partial charge is 0.0922 e. The zero-order chi connectivity index (χ0) is 11.4. The van der Waals surface area contributed by atoms with Crippen LogP contribution in [0, 0.1) is 5.92 Å². The molecule has 2 rings (SSSR count). The van der Waals surface area contributed by atoms with E-state index in [1.807, 2.05) is 16.8 Å². The molecule has 16 heavy (non-hydrogen) atoms. The van der Waals surface area contributed by atoms with Crippen LogP contribution in [-0.4, -0.2) is 17.7 Å². The Labute approximate surface area is 102 Å². The van der Waals surface area contributed by atoms with E-state index in [9.17, 15) is 5.11 Å². The second kappa shape index (κ2) is 5.80. The third-order valence-electron chi connectivity index (χ3n) is 3.50. The third kappa shape index (κ3) is 3.30. The molecule has 2 N–H and O–H groups in total. The highest BCUT2D eigenvalue weighted by atomic mass is 32.1. The van der Waals surface area contributed by atoms with Crippen molar-refractivity contribution in [1.82, 2.24) is 5.32 Å². The first-order valence-electron chi connectivity index (χ1n) is 6.19. The molecule has 1 aliphatic carbocycles. The molecule has 0 spiro atoms. The molecule has 2 unspecified atom stereocenters. The molecule has 1 aromatic heterocycles. The Morgan fingerprint density at radius 3 is 2.94 bits per heavy atom. The molecule has 90 valence electrons. The second-order valence-corrected chi connectivity index (χ2v) is 5.69. The number of aliphatic hydroxyl groups excluding tert-OH is 1. The van der Waals surface area contributed by atoms with Gasteiger partial charge in [0.2, 0.25) is 0 Å². The highest BCUT2D eigenvalue weighted by Crippen LogP contribution is 2.30. The van der Waals surface area contributed by atoms with Crippen LogP contribution < -0.4 is 5.32 Å². The van der Waals surface area contributed by atoms with Crippen LogP contribution in [0.5, 0.6) is 0 Å². The summed E-state index contributed by atoms with van der Waals surface area (Å²) in [5, 5.41) is 17.4. The molecule has 0 amide bonds. The van der Waals surface area contributed by atoms with Crippen molar-refractivity contribution in [3.05, 3.63) is 22.4 Å². The van der Waals surface area contributed by atoms with Gasteiger partial charge in [0.1, 0.15) is 0 Å². The van der Waals surface area contributed by atoms with Crippen LogP contribution >= 0.6 is 11.3 Å². The standard InChI is InChI=1S/C13H21NOS/c1-10(7-11-3-2-4-11)14-8-13(15)12-5-6-16-9-12/h5-6,9-11,13-15H,2-4,7-8H2,1H3. The SMILES string of the molecule is CC(CC1CCC1)NCC(O)c1ccsc1. The predicted octanol–water partition coefficient (Wildman–Crippen LogP) is 2.95. The molecule has 3 heteroatoms. The van der Waals surface area contributed by atoms with Gasteiger partial charge in [0.05, 0.1) is 6.10 Å². The van der Waals surface area contributed by atoms with Gasteiger partial charge in [0.15, 0.2) is 0 Å². The van der Waals surface area contributed by atoms with Crippen molar-refractivity contribution in [2.75, 3.05) is 6.54 Å². The Morgan fingerprint density at radius 1 is 1.56 bits per heavy atom. The summed E-state index contributed by atoms with van der Waals surface area (Å²) in [6.07, 6.45) is 5.12. The summed E-state index contributed by atoms with van der Waals surface area (Å²) in [5.74, 6) is 0.931. The summed E-state index contributed by atoms with van der Waals surface area (Å²) in [4.78, 5) is 0. The van der Waals surface area contributed by atoms with Gasteiger partial charge in [-0.05, 0) is 41.7 Å². The maximum Gasteiger partial charge on any atom is 0.0922 e. The molecule has 0 aromatic carbocycles. The van der Waals surface area contributed by atoms with Crippen molar-refractivity contribution in [2.45, 2.75) is 44.8 Å². The Bertz CT molecular complexity index is 295. The summed E-state index contributed by atoms with van der Waals surface area (Å²) in [6.45, 7) is 2.89. The van der Waals surface area contributed by atoms with Crippen molar-refractivity contribution < 1.29 is 5.11 Å². The van der Waals surface area contributed by atoms with Crippen LogP contribution in [0.25, 0.3) is 0 Å². The van der Waals surface area contributed by atoms with E-state index in [2.05, 4.69) is 12.2 Å². The average molecular weight is 239 g/mol. The molecule has 1 aromatic rings. The van der Waals surface area contributed by atoms with E-state index < -0.39 is 0 Å². The molecule has 1 aliphatic rings. The van der Waals surface area contributed by atoms with E-state index >= 15 is 0 Å². The normalized spacial score (nSPS) is 20.4. The minimum atomic E-state index is -0.352. The summed E-state index contributed by atoms with van der Waals surface area (Å²) in [7, 11) is 0. The molecule has 1 saturated carbocycles. The summed E-state index contributed by atoms with van der Waals surface area (Å²) < 4.78 is 0. The van der Waals surface area contributed by atoms with Crippen LogP contribution in [0.1, 0.15) is 44.3 Å². The highest BCUT2D eigenvalue weighted by molar-refractivity contribution is 7.07. The van der Waals surface area contributed by atoms with Crippen molar-refractivity contribution in [3.63, 3.8) is 0 Å². The van der Waals surface area contributed by atoms with Crippen LogP contribution in [0.15, 0.2) is 16.8 Å². The first-order valence-corrected chi connectivity index (χ1v) is 7.13. The van der Waals surface area contributed by atoms with Crippen LogP contribution in [0.2, 0.25) is 0 Å². The van der Waals surface area contributed by atoms with Crippen molar-refractivity contribution in [1.29, 1.82) is 0 Å². The van der Waals surface area contributed by atoms with E-state index in [1.165, 1.54) is 25.7 Å².